The number of hydrogen-bond acceptors (Lipinski definition) is 4. The van der Waals surface area contributed by atoms with Gasteiger partial charge in [-0.05, 0) is 60.3 Å². The first kappa shape index (κ1) is 19.4. The average molecular weight is 388 g/mol. The van der Waals surface area contributed by atoms with E-state index in [0.717, 1.165) is 39.8 Å². The molecule has 0 aliphatic rings. The zero-order chi connectivity index (χ0) is 19.3. The molecule has 27 heavy (non-hydrogen) atoms. The van der Waals surface area contributed by atoms with Crippen LogP contribution in [0.1, 0.15) is 16.7 Å². The summed E-state index contributed by atoms with van der Waals surface area (Å²) in [5.41, 5.74) is 9.56. The zero-order valence-electron chi connectivity index (χ0n) is 15.4. The van der Waals surface area contributed by atoms with Gasteiger partial charge in [0, 0.05) is 23.6 Å². The Morgan fingerprint density at radius 2 is 1.81 bits per heavy atom. The van der Waals surface area contributed by atoms with Gasteiger partial charge in [-0.3, -0.25) is 0 Å². The number of methoxy groups -OCH3 is 1. The maximum atomic E-state index is 12.4. The lowest BCUT2D eigenvalue weighted by Gasteiger charge is -2.08. The highest BCUT2D eigenvalue weighted by molar-refractivity contribution is 7.88. The summed E-state index contributed by atoms with van der Waals surface area (Å²) in [4.78, 5) is 3.19. The zero-order valence-corrected chi connectivity index (χ0v) is 16.2. The van der Waals surface area contributed by atoms with Crippen LogP contribution in [0.3, 0.4) is 0 Å². The monoisotopic (exact) mass is 387 g/mol. The van der Waals surface area contributed by atoms with Crippen molar-refractivity contribution in [3.8, 4) is 5.75 Å². The van der Waals surface area contributed by atoms with Gasteiger partial charge in [0.25, 0.3) is 0 Å². The number of fused-ring (bicyclic) bond motifs is 1. The van der Waals surface area contributed by atoms with Crippen molar-refractivity contribution >= 4 is 20.9 Å². The predicted molar refractivity (Wildman–Crippen MR) is 108 cm³/mol. The van der Waals surface area contributed by atoms with Crippen molar-refractivity contribution in [3.05, 3.63) is 65.4 Å². The van der Waals surface area contributed by atoms with Crippen LogP contribution in [0.25, 0.3) is 10.9 Å². The highest BCUT2D eigenvalue weighted by Crippen LogP contribution is 2.21. The van der Waals surface area contributed by atoms with Crippen LogP contribution in [0.15, 0.2) is 48.7 Å². The number of benzene rings is 2. The molecule has 0 spiro atoms. The number of aromatic amines is 1. The van der Waals surface area contributed by atoms with Crippen LogP contribution in [-0.2, 0) is 28.6 Å². The summed E-state index contributed by atoms with van der Waals surface area (Å²) in [5, 5.41) is 1.03. The minimum absolute atomic E-state index is 0.0429. The van der Waals surface area contributed by atoms with Crippen LogP contribution in [0, 0.1) is 0 Å². The molecule has 0 aliphatic heterocycles. The predicted octanol–water partition coefficient (Wildman–Crippen LogP) is 2.34. The Balaban J connectivity index is 1.61. The lowest BCUT2D eigenvalue weighted by molar-refractivity contribution is 0.414. The van der Waals surface area contributed by atoms with E-state index in [4.69, 9.17) is 10.5 Å². The molecule has 0 aliphatic carbocycles. The van der Waals surface area contributed by atoms with E-state index in [1.54, 1.807) is 7.11 Å². The Labute approximate surface area is 159 Å². The molecule has 6 nitrogen and oxygen atoms in total. The molecule has 144 valence electrons. The van der Waals surface area contributed by atoms with Gasteiger partial charge in [-0.2, -0.15) is 0 Å². The van der Waals surface area contributed by atoms with Crippen molar-refractivity contribution in [1.29, 1.82) is 0 Å². The number of nitrogens with two attached hydrogens (primary N) is 1. The van der Waals surface area contributed by atoms with Crippen molar-refractivity contribution in [2.24, 2.45) is 5.73 Å². The number of H-pyrrole nitrogens is 1. The second-order valence-electron chi connectivity index (χ2n) is 6.48. The number of nitrogens with one attached hydrogen (secondary N) is 2. The third kappa shape index (κ3) is 5.09. The fraction of sp³-hybridized carbons (Fsp3) is 0.300. The summed E-state index contributed by atoms with van der Waals surface area (Å²) in [6, 6.07) is 13.3. The van der Waals surface area contributed by atoms with E-state index in [1.807, 2.05) is 48.7 Å². The van der Waals surface area contributed by atoms with E-state index >= 15 is 0 Å². The molecule has 4 N–H and O–H groups in total. The van der Waals surface area contributed by atoms with Gasteiger partial charge in [0.05, 0.1) is 12.9 Å². The summed E-state index contributed by atoms with van der Waals surface area (Å²) >= 11 is 0. The van der Waals surface area contributed by atoms with E-state index in [2.05, 4.69) is 9.71 Å². The largest absolute Gasteiger partial charge is 0.497 e. The molecular formula is C20H25N3O3S. The van der Waals surface area contributed by atoms with E-state index in [-0.39, 0.29) is 5.75 Å². The van der Waals surface area contributed by atoms with Crippen molar-refractivity contribution in [3.63, 3.8) is 0 Å². The summed E-state index contributed by atoms with van der Waals surface area (Å²) in [5.74, 6) is 0.743. The van der Waals surface area contributed by atoms with Gasteiger partial charge in [0.15, 0.2) is 0 Å². The standard InChI is InChI=1S/C20H25N3O3S/c1-26-18-5-2-15(3-6-18)9-11-23-27(24,25)14-16-4-7-20-19(12-16)17(8-10-21)13-22-20/h2-7,12-13,22-23H,8-11,14,21H2,1H3. The van der Waals surface area contributed by atoms with Crippen LogP contribution >= 0.6 is 0 Å². The van der Waals surface area contributed by atoms with Crippen molar-refractivity contribution in [1.82, 2.24) is 9.71 Å². The molecule has 1 aromatic heterocycles. The molecule has 3 rings (SSSR count). The first-order chi connectivity index (χ1) is 13.0. The molecular weight excluding hydrogens is 362 g/mol. The van der Waals surface area contributed by atoms with Gasteiger partial charge in [-0.15, -0.1) is 0 Å². The molecule has 0 saturated heterocycles. The van der Waals surface area contributed by atoms with Gasteiger partial charge < -0.3 is 15.5 Å². The molecule has 0 bridgehead atoms. The Morgan fingerprint density at radius 3 is 2.52 bits per heavy atom. The molecule has 1 heterocycles. The van der Waals surface area contributed by atoms with Crippen molar-refractivity contribution in [2.45, 2.75) is 18.6 Å². The van der Waals surface area contributed by atoms with Gasteiger partial charge in [0.2, 0.25) is 10.0 Å². The van der Waals surface area contributed by atoms with Crippen LogP contribution in [-0.4, -0.2) is 33.6 Å². The summed E-state index contributed by atoms with van der Waals surface area (Å²) < 4.78 is 32.6. The van der Waals surface area contributed by atoms with Crippen LogP contribution in [0.2, 0.25) is 0 Å². The second-order valence-corrected chi connectivity index (χ2v) is 8.29. The minimum atomic E-state index is -3.40. The summed E-state index contributed by atoms with van der Waals surface area (Å²) in [6.45, 7) is 0.919. The normalized spacial score (nSPS) is 11.8. The van der Waals surface area contributed by atoms with E-state index in [0.29, 0.717) is 19.5 Å². The summed E-state index contributed by atoms with van der Waals surface area (Å²) in [7, 11) is -1.79. The van der Waals surface area contributed by atoms with Crippen LogP contribution < -0.4 is 15.2 Å². The Bertz CT molecular complexity index is 995. The number of sulfonamides is 1. The van der Waals surface area contributed by atoms with Gasteiger partial charge in [0.1, 0.15) is 5.75 Å². The Hall–Kier alpha value is -2.35. The molecule has 7 heteroatoms. The fourth-order valence-electron chi connectivity index (χ4n) is 3.09. The first-order valence-corrected chi connectivity index (χ1v) is 10.5. The topological polar surface area (TPSA) is 97.2 Å². The highest BCUT2D eigenvalue weighted by Gasteiger charge is 2.13. The highest BCUT2D eigenvalue weighted by atomic mass is 32.2. The fourth-order valence-corrected chi connectivity index (χ4v) is 4.22. The van der Waals surface area contributed by atoms with Crippen LogP contribution in [0.4, 0.5) is 0 Å². The molecule has 0 saturated carbocycles. The molecule has 0 unspecified atom stereocenters. The first-order valence-electron chi connectivity index (χ1n) is 8.90. The van der Waals surface area contributed by atoms with Gasteiger partial charge in [-0.1, -0.05) is 18.2 Å². The minimum Gasteiger partial charge on any atom is -0.497 e. The molecule has 0 amide bonds. The molecule has 0 radical (unpaired) electrons. The molecule has 0 atom stereocenters. The SMILES string of the molecule is COc1ccc(CCNS(=O)(=O)Cc2ccc3[nH]cc(CCN)c3c2)cc1. The molecule has 2 aromatic carbocycles. The maximum absolute atomic E-state index is 12.4. The second kappa shape index (κ2) is 8.56. The maximum Gasteiger partial charge on any atom is 0.215 e. The van der Waals surface area contributed by atoms with E-state index in [1.165, 1.54) is 0 Å². The van der Waals surface area contributed by atoms with Gasteiger partial charge in [-0.25, -0.2) is 13.1 Å². The number of hydrogen-bond donors (Lipinski definition) is 3. The average Bonchev–Trinajstić information content (AvgIpc) is 3.04. The number of aromatic nitrogens is 1. The number of rotatable bonds is 9. The van der Waals surface area contributed by atoms with E-state index in [9.17, 15) is 8.42 Å². The Kier molecular flexibility index (Phi) is 6.15. The Morgan fingerprint density at radius 1 is 1.07 bits per heavy atom. The third-order valence-electron chi connectivity index (χ3n) is 4.50. The number of ether oxygens (including phenoxy) is 1. The van der Waals surface area contributed by atoms with Crippen molar-refractivity contribution in [2.75, 3.05) is 20.2 Å². The third-order valence-corrected chi connectivity index (χ3v) is 5.85. The van der Waals surface area contributed by atoms with E-state index < -0.39 is 10.0 Å². The molecule has 3 aromatic rings. The van der Waals surface area contributed by atoms with Crippen molar-refractivity contribution < 1.29 is 13.2 Å². The molecule has 0 fully saturated rings. The quantitative estimate of drug-likeness (QED) is 0.525. The summed E-state index contributed by atoms with van der Waals surface area (Å²) in [6.07, 6.45) is 3.32. The van der Waals surface area contributed by atoms with Gasteiger partial charge >= 0.3 is 0 Å². The lowest BCUT2D eigenvalue weighted by Crippen LogP contribution is -2.27. The lowest BCUT2D eigenvalue weighted by atomic mass is 10.1. The smallest absolute Gasteiger partial charge is 0.215 e. The van der Waals surface area contributed by atoms with Crippen LogP contribution in [0.5, 0.6) is 5.75 Å².